The SMILES string of the molecule is CCCCCCCC/C=C\CCCCCCCCCCCC(=O)OC[C@H](COP(=O)(O)OCC[N+](C)(C)C)OC(=O)CCC/C=C\C/C=C\C/C=C\CC1OC1CCCCC. The van der Waals surface area contributed by atoms with Crippen LogP contribution >= 0.6 is 7.82 Å². The molecular weight excluding hydrogens is 790 g/mol. The van der Waals surface area contributed by atoms with Gasteiger partial charge in [0.1, 0.15) is 19.8 Å². The molecule has 0 aliphatic carbocycles. The number of rotatable bonds is 43. The molecule has 1 saturated heterocycles. The van der Waals surface area contributed by atoms with Crippen molar-refractivity contribution < 1.29 is 46.8 Å². The van der Waals surface area contributed by atoms with Crippen LogP contribution in [0.3, 0.4) is 0 Å². The highest BCUT2D eigenvalue weighted by atomic mass is 31.2. The summed E-state index contributed by atoms with van der Waals surface area (Å²) in [7, 11) is 1.43. The Kier molecular flexibility index (Phi) is 35.8. The van der Waals surface area contributed by atoms with E-state index in [4.69, 9.17) is 23.3 Å². The first-order valence-electron chi connectivity index (χ1n) is 24.5. The molecule has 1 rings (SSSR count). The number of epoxide rings is 1. The molecule has 0 aromatic carbocycles. The van der Waals surface area contributed by atoms with Gasteiger partial charge in [0.25, 0.3) is 0 Å². The maximum Gasteiger partial charge on any atom is 0.472 e. The first-order chi connectivity index (χ1) is 29.5. The lowest BCUT2D eigenvalue weighted by molar-refractivity contribution is -0.870. The number of allylic oxidation sites excluding steroid dienone is 7. The third-order valence-corrected chi connectivity index (χ3v) is 11.7. The molecule has 0 aromatic heterocycles. The van der Waals surface area contributed by atoms with Gasteiger partial charge in [-0.3, -0.25) is 18.6 Å². The van der Waals surface area contributed by atoms with Crippen LogP contribution in [0.1, 0.15) is 194 Å². The van der Waals surface area contributed by atoms with Gasteiger partial charge in [-0.05, 0) is 70.6 Å². The van der Waals surface area contributed by atoms with E-state index in [-0.39, 0.29) is 32.0 Å². The summed E-state index contributed by atoms with van der Waals surface area (Å²) in [4.78, 5) is 35.5. The van der Waals surface area contributed by atoms with Gasteiger partial charge >= 0.3 is 19.8 Å². The predicted octanol–water partition coefficient (Wildman–Crippen LogP) is 13.2. The number of quaternary nitrogens is 1. The van der Waals surface area contributed by atoms with Gasteiger partial charge in [-0.25, -0.2) is 4.57 Å². The number of carbonyl (C=O) groups excluding carboxylic acids is 2. The van der Waals surface area contributed by atoms with Gasteiger partial charge < -0.3 is 23.6 Å². The number of hydrogen-bond donors (Lipinski definition) is 1. The van der Waals surface area contributed by atoms with Crippen LogP contribution in [0, 0.1) is 0 Å². The number of ether oxygens (including phenoxy) is 3. The molecule has 1 heterocycles. The first-order valence-corrected chi connectivity index (χ1v) is 26.0. The van der Waals surface area contributed by atoms with E-state index in [9.17, 15) is 19.0 Å². The van der Waals surface area contributed by atoms with Crippen molar-refractivity contribution in [3.8, 4) is 0 Å². The number of likely N-dealkylation sites (N-methyl/N-ethyl adjacent to an activating group) is 1. The van der Waals surface area contributed by atoms with Crippen LogP contribution in [0.15, 0.2) is 48.6 Å². The van der Waals surface area contributed by atoms with Crippen molar-refractivity contribution in [1.29, 1.82) is 0 Å². The average Bonchev–Trinajstić information content (AvgIpc) is 3.97. The number of hydrogen-bond acceptors (Lipinski definition) is 8. The molecule has 0 saturated carbocycles. The van der Waals surface area contributed by atoms with Gasteiger partial charge in [0.05, 0.1) is 40.0 Å². The van der Waals surface area contributed by atoms with Gasteiger partial charge in [-0.15, -0.1) is 0 Å². The Labute approximate surface area is 373 Å². The Balaban J connectivity index is 2.27. The molecule has 61 heavy (non-hydrogen) atoms. The molecule has 1 N–H and O–H groups in total. The van der Waals surface area contributed by atoms with E-state index in [1.54, 1.807) is 0 Å². The summed E-state index contributed by atoms with van der Waals surface area (Å²) < 4.78 is 40.1. The number of carbonyl (C=O) groups is 2. The Hall–Kier alpha value is -2.07. The van der Waals surface area contributed by atoms with E-state index in [1.807, 2.05) is 27.2 Å². The van der Waals surface area contributed by atoms with Gasteiger partial charge in [0, 0.05) is 12.8 Å². The maximum atomic E-state index is 12.7. The molecule has 0 aromatic rings. The molecule has 1 aliphatic heterocycles. The monoisotopic (exact) mass is 881 g/mol. The summed E-state index contributed by atoms with van der Waals surface area (Å²) >= 11 is 0. The average molecular weight is 881 g/mol. The first kappa shape index (κ1) is 56.9. The highest BCUT2D eigenvalue weighted by Crippen LogP contribution is 2.43. The molecular formula is C50H91NO9P+. The minimum absolute atomic E-state index is 0.0181. The summed E-state index contributed by atoms with van der Waals surface area (Å²) in [5, 5.41) is 0. The lowest BCUT2D eigenvalue weighted by Crippen LogP contribution is -2.37. The summed E-state index contributed by atoms with van der Waals surface area (Å²) in [6.45, 7) is 4.32. The Bertz CT molecular complexity index is 1240. The molecule has 4 atom stereocenters. The Morgan fingerprint density at radius 3 is 1.74 bits per heavy atom. The minimum atomic E-state index is -4.40. The van der Waals surface area contributed by atoms with Gasteiger partial charge in [0.15, 0.2) is 6.10 Å². The fourth-order valence-electron chi connectivity index (χ4n) is 6.80. The van der Waals surface area contributed by atoms with Gasteiger partial charge in [-0.2, -0.15) is 0 Å². The van der Waals surface area contributed by atoms with Crippen LogP contribution in [0.2, 0.25) is 0 Å². The van der Waals surface area contributed by atoms with E-state index in [1.165, 1.54) is 116 Å². The van der Waals surface area contributed by atoms with Crippen LogP contribution in [-0.2, 0) is 37.4 Å². The molecule has 0 radical (unpaired) electrons. The van der Waals surface area contributed by atoms with Crippen LogP contribution < -0.4 is 0 Å². The van der Waals surface area contributed by atoms with E-state index < -0.39 is 26.5 Å². The number of unbranched alkanes of at least 4 members (excludes halogenated alkanes) is 18. The van der Waals surface area contributed by atoms with Crippen LogP contribution in [0.4, 0.5) is 0 Å². The lowest BCUT2D eigenvalue weighted by atomic mass is 10.1. The van der Waals surface area contributed by atoms with E-state index >= 15 is 0 Å². The summed E-state index contributed by atoms with van der Waals surface area (Å²) in [6, 6.07) is 0. The van der Waals surface area contributed by atoms with Crippen LogP contribution in [-0.4, -0.2) is 87.1 Å². The summed E-state index contributed by atoms with van der Waals surface area (Å²) in [5.41, 5.74) is 0. The van der Waals surface area contributed by atoms with E-state index in [2.05, 4.69) is 56.4 Å². The highest BCUT2D eigenvalue weighted by Gasteiger charge is 2.36. The second kappa shape index (κ2) is 38.4. The van der Waals surface area contributed by atoms with Crippen molar-refractivity contribution >= 4 is 19.8 Å². The standard InChI is InChI=1S/C50H90NO9P/c1-6-8-10-11-12-13-14-15-16-17-18-19-20-21-22-26-29-32-36-40-49(52)56-44-46(45-58-61(54,55)57-43-42-51(3,4)5)59-50(53)41-37-33-30-27-24-23-25-28-31-35-39-48-47(60-48)38-34-9-7-2/h15-16,23,25,27,30-31,35,46-48H,6-14,17-22,24,26,28-29,32-34,36-45H2,1-5H3/p+1/b16-15-,25-23-,30-27-,35-31-/t46-,47?,48?/m1/s1. The quantitative estimate of drug-likeness (QED) is 0.0159. The molecule has 0 amide bonds. The zero-order valence-corrected chi connectivity index (χ0v) is 40.5. The van der Waals surface area contributed by atoms with Crippen molar-refractivity contribution in [1.82, 2.24) is 0 Å². The summed E-state index contributed by atoms with van der Waals surface area (Å²) in [5.74, 6) is -0.870. The Morgan fingerprint density at radius 1 is 0.607 bits per heavy atom. The number of nitrogens with zero attached hydrogens (tertiary/aromatic N) is 1. The molecule has 0 bridgehead atoms. The molecule has 11 heteroatoms. The maximum absolute atomic E-state index is 12.7. The topological polar surface area (TPSA) is 121 Å². The van der Waals surface area contributed by atoms with E-state index in [0.29, 0.717) is 36.1 Å². The minimum Gasteiger partial charge on any atom is -0.462 e. The molecule has 10 nitrogen and oxygen atoms in total. The van der Waals surface area contributed by atoms with Gasteiger partial charge in [0.2, 0.25) is 0 Å². The number of phosphoric ester groups is 1. The van der Waals surface area contributed by atoms with E-state index in [0.717, 1.165) is 38.5 Å². The van der Waals surface area contributed by atoms with Crippen molar-refractivity contribution in [2.45, 2.75) is 212 Å². The number of esters is 2. The van der Waals surface area contributed by atoms with Crippen molar-refractivity contribution in [3.63, 3.8) is 0 Å². The van der Waals surface area contributed by atoms with Crippen molar-refractivity contribution in [2.24, 2.45) is 0 Å². The van der Waals surface area contributed by atoms with Crippen LogP contribution in [0.25, 0.3) is 0 Å². The zero-order valence-electron chi connectivity index (χ0n) is 39.6. The van der Waals surface area contributed by atoms with Crippen molar-refractivity contribution in [2.75, 3.05) is 47.5 Å². The van der Waals surface area contributed by atoms with Gasteiger partial charge in [-0.1, -0.05) is 159 Å². The molecule has 1 fully saturated rings. The predicted molar refractivity (Wildman–Crippen MR) is 251 cm³/mol. The smallest absolute Gasteiger partial charge is 0.462 e. The zero-order chi connectivity index (χ0) is 44.7. The van der Waals surface area contributed by atoms with Crippen molar-refractivity contribution in [3.05, 3.63) is 48.6 Å². The summed E-state index contributed by atoms with van der Waals surface area (Å²) in [6.07, 6.45) is 47.7. The normalized spacial score (nSPS) is 17.2. The second-order valence-electron chi connectivity index (χ2n) is 17.9. The fourth-order valence-corrected chi connectivity index (χ4v) is 7.54. The van der Waals surface area contributed by atoms with Crippen LogP contribution in [0.5, 0.6) is 0 Å². The largest absolute Gasteiger partial charge is 0.472 e. The third kappa shape index (κ3) is 39.3. The molecule has 3 unspecified atom stereocenters. The molecule has 1 aliphatic rings. The third-order valence-electron chi connectivity index (χ3n) is 10.8. The highest BCUT2D eigenvalue weighted by molar-refractivity contribution is 7.47. The Morgan fingerprint density at radius 2 is 1.11 bits per heavy atom. The lowest BCUT2D eigenvalue weighted by Gasteiger charge is -2.24. The molecule has 0 spiro atoms. The second-order valence-corrected chi connectivity index (χ2v) is 19.3. The number of phosphoric acid groups is 1. The molecule has 354 valence electrons. The fraction of sp³-hybridized carbons (Fsp3) is 0.800.